The summed E-state index contributed by atoms with van der Waals surface area (Å²) in [5, 5.41) is 3.96. The van der Waals surface area contributed by atoms with Gasteiger partial charge in [0.05, 0.1) is 11.4 Å². The zero-order valence-electron chi connectivity index (χ0n) is 10.0. The molecule has 0 aliphatic carbocycles. The molecule has 1 unspecified atom stereocenters. The standard InChI is InChI=1S/C12H17N3OS2/c13-10-5-8(12(14)16)1-2-11(10)15-6-9-7-17-3-4-18-9/h1-2,5,9,15H,3-4,6-7,13H2,(H2,14,16). The number of thioether (sulfide) groups is 2. The van der Waals surface area contributed by atoms with Gasteiger partial charge in [0.15, 0.2) is 0 Å². The van der Waals surface area contributed by atoms with Crippen molar-refractivity contribution in [3.8, 4) is 0 Å². The van der Waals surface area contributed by atoms with E-state index in [-0.39, 0.29) is 0 Å². The molecule has 0 saturated carbocycles. The lowest BCUT2D eigenvalue weighted by Crippen LogP contribution is -2.23. The van der Waals surface area contributed by atoms with Crippen LogP contribution in [0.15, 0.2) is 18.2 Å². The smallest absolute Gasteiger partial charge is 0.248 e. The Kier molecular flexibility index (Phi) is 4.66. The minimum atomic E-state index is -0.451. The van der Waals surface area contributed by atoms with Crippen molar-refractivity contribution in [3.63, 3.8) is 0 Å². The zero-order valence-corrected chi connectivity index (χ0v) is 11.7. The molecule has 18 heavy (non-hydrogen) atoms. The topological polar surface area (TPSA) is 81.1 Å². The average molecular weight is 283 g/mol. The molecule has 5 N–H and O–H groups in total. The van der Waals surface area contributed by atoms with Crippen LogP contribution < -0.4 is 16.8 Å². The highest BCUT2D eigenvalue weighted by Gasteiger charge is 2.14. The van der Waals surface area contributed by atoms with Gasteiger partial charge in [0.25, 0.3) is 0 Å². The predicted octanol–water partition coefficient (Wildman–Crippen LogP) is 1.63. The van der Waals surface area contributed by atoms with Crippen LogP contribution in [0, 0.1) is 0 Å². The molecule has 0 aromatic heterocycles. The number of primary amides is 1. The van der Waals surface area contributed by atoms with Gasteiger partial charge < -0.3 is 16.8 Å². The molecule has 1 heterocycles. The Bertz CT molecular complexity index is 433. The first-order valence-corrected chi connectivity index (χ1v) is 7.99. The van der Waals surface area contributed by atoms with E-state index in [0.29, 0.717) is 16.5 Å². The van der Waals surface area contributed by atoms with Crippen LogP contribution in [-0.4, -0.2) is 35.0 Å². The molecule has 1 aliphatic heterocycles. The minimum Gasteiger partial charge on any atom is -0.397 e. The lowest BCUT2D eigenvalue weighted by molar-refractivity contribution is 0.100. The number of hydrogen-bond acceptors (Lipinski definition) is 5. The van der Waals surface area contributed by atoms with Crippen molar-refractivity contribution in [2.45, 2.75) is 5.25 Å². The Hall–Kier alpha value is -1.01. The Labute approximate surface area is 115 Å². The predicted molar refractivity (Wildman–Crippen MR) is 81.4 cm³/mol. The summed E-state index contributed by atoms with van der Waals surface area (Å²) in [6.07, 6.45) is 0. The number of amides is 1. The summed E-state index contributed by atoms with van der Waals surface area (Å²) in [5.74, 6) is 3.19. The number of anilines is 2. The largest absolute Gasteiger partial charge is 0.397 e. The fraction of sp³-hybridized carbons (Fsp3) is 0.417. The van der Waals surface area contributed by atoms with Gasteiger partial charge in [0.1, 0.15) is 0 Å². The monoisotopic (exact) mass is 283 g/mol. The van der Waals surface area contributed by atoms with E-state index in [9.17, 15) is 4.79 Å². The molecule has 98 valence electrons. The molecule has 1 fully saturated rings. The molecular formula is C12H17N3OS2. The van der Waals surface area contributed by atoms with E-state index in [1.807, 2.05) is 29.6 Å². The maximum Gasteiger partial charge on any atom is 0.248 e. The second kappa shape index (κ2) is 6.24. The second-order valence-electron chi connectivity index (χ2n) is 4.11. The fourth-order valence-corrected chi connectivity index (χ4v) is 4.37. The van der Waals surface area contributed by atoms with E-state index >= 15 is 0 Å². The van der Waals surface area contributed by atoms with Crippen LogP contribution in [-0.2, 0) is 0 Å². The molecule has 1 saturated heterocycles. The van der Waals surface area contributed by atoms with Crippen molar-refractivity contribution in [1.82, 2.24) is 0 Å². The highest BCUT2D eigenvalue weighted by Crippen LogP contribution is 2.25. The maximum atomic E-state index is 11.0. The highest BCUT2D eigenvalue weighted by atomic mass is 32.2. The fourth-order valence-electron chi connectivity index (χ4n) is 1.76. The number of carbonyl (C=O) groups is 1. The van der Waals surface area contributed by atoms with Crippen molar-refractivity contribution in [3.05, 3.63) is 23.8 Å². The van der Waals surface area contributed by atoms with Crippen molar-refractivity contribution < 1.29 is 4.79 Å². The summed E-state index contributed by atoms with van der Waals surface area (Å²) in [6.45, 7) is 0.901. The zero-order chi connectivity index (χ0) is 13.0. The molecular weight excluding hydrogens is 266 g/mol. The first kappa shape index (κ1) is 13.4. The van der Waals surface area contributed by atoms with Gasteiger partial charge in [0.2, 0.25) is 5.91 Å². The van der Waals surface area contributed by atoms with Crippen LogP contribution in [0.25, 0.3) is 0 Å². The summed E-state index contributed by atoms with van der Waals surface area (Å²) < 4.78 is 0. The number of nitrogens with two attached hydrogens (primary N) is 2. The second-order valence-corrected chi connectivity index (χ2v) is 6.67. The molecule has 2 rings (SSSR count). The van der Waals surface area contributed by atoms with Crippen molar-refractivity contribution in [1.29, 1.82) is 0 Å². The van der Waals surface area contributed by atoms with Gasteiger partial charge in [-0.2, -0.15) is 23.5 Å². The molecule has 1 aromatic rings. The van der Waals surface area contributed by atoms with Crippen molar-refractivity contribution >= 4 is 40.8 Å². The molecule has 1 amide bonds. The van der Waals surface area contributed by atoms with Gasteiger partial charge in [-0.1, -0.05) is 0 Å². The number of carbonyl (C=O) groups excluding carboxylic acids is 1. The molecule has 6 heteroatoms. The first-order chi connectivity index (χ1) is 8.66. The van der Waals surface area contributed by atoms with Gasteiger partial charge in [-0.05, 0) is 18.2 Å². The van der Waals surface area contributed by atoms with Crippen LogP contribution >= 0.6 is 23.5 Å². The molecule has 0 radical (unpaired) electrons. The summed E-state index contributed by atoms with van der Waals surface area (Å²) in [5.41, 5.74) is 13.0. The Morgan fingerprint density at radius 2 is 2.28 bits per heavy atom. The van der Waals surface area contributed by atoms with Crippen LogP contribution in [0.2, 0.25) is 0 Å². The van der Waals surface area contributed by atoms with Crippen molar-refractivity contribution in [2.24, 2.45) is 5.73 Å². The molecule has 1 aromatic carbocycles. The van der Waals surface area contributed by atoms with Crippen LogP contribution in [0.5, 0.6) is 0 Å². The number of hydrogen-bond donors (Lipinski definition) is 3. The number of rotatable bonds is 4. The van der Waals surface area contributed by atoms with Gasteiger partial charge >= 0.3 is 0 Å². The maximum absolute atomic E-state index is 11.0. The van der Waals surface area contributed by atoms with Gasteiger partial charge in [-0.25, -0.2) is 0 Å². The van der Waals surface area contributed by atoms with E-state index in [0.717, 1.165) is 12.2 Å². The molecule has 4 nitrogen and oxygen atoms in total. The van der Waals surface area contributed by atoms with Crippen LogP contribution in [0.3, 0.4) is 0 Å². The minimum absolute atomic E-state index is 0.445. The number of nitrogens with one attached hydrogen (secondary N) is 1. The van der Waals surface area contributed by atoms with E-state index in [4.69, 9.17) is 11.5 Å². The molecule has 0 bridgehead atoms. The van der Waals surface area contributed by atoms with Gasteiger partial charge in [0, 0.05) is 34.6 Å². The summed E-state index contributed by atoms with van der Waals surface area (Å²) in [6, 6.07) is 5.13. The van der Waals surface area contributed by atoms with E-state index in [2.05, 4.69) is 5.32 Å². The summed E-state index contributed by atoms with van der Waals surface area (Å²) >= 11 is 3.99. The normalized spacial score (nSPS) is 19.4. The Balaban J connectivity index is 1.94. The molecule has 0 spiro atoms. The van der Waals surface area contributed by atoms with Crippen molar-refractivity contribution in [2.75, 3.05) is 34.9 Å². The van der Waals surface area contributed by atoms with E-state index < -0.39 is 5.91 Å². The Morgan fingerprint density at radius 1 is 1.44 bits per heavy atom. The molecule has 1 atom stereocenters. The SMILES string of the molecule is NC(=O)c1ccc(NCC2CSCCS2)c(N)c1. The third-order valence-electron chi connectivity index (χ3n) is 2.74. The number of benzene rings is 1. The third kappa shape index (κ3) is 3.49. The van der Waals surface area contributed by atoms with Gasteiger partial charge in [-0.3, -0.25) is 4.79 Å². The van der Waals surface area contributed by atoms with Crippen LogP contribution in [0.4, 0.5) is 11.4 Å². The summed E-state index contributed by atoms with van der Waals surface area (Å²) in [7, 11) is 0. The quantitative estimate of drug-likeness (QED) is 0.732. The first-order valence-electron chi connectivity index (χ1n) is 5.79. The van der Waals surface area contributed by atoms with Crippen LogP contribution in [0.1, 0.15) is 10.4 Å². The Morgan fingerprint density at radius 3 is 2.89 bits per heavy atom. The van der Waals surface area contributed by atoms with E-state index in [1.54, 1.807) is 12.1 Å². The summed E-state index contributed by atoms with van der Waals surface area (Å²) in [4.78, 5) is 11.0. The number of nitrogen functional groups attached to an aromatic ring is 1. The molecule has 1 aliphatic rings. The van der Waals surface area contributed by atoms with Gasteiger partial charge in [-0.15, -0.1) is 0 Å². The lowest BCUT2D eigenvalue weighted by atomic mass is 10.1. The van der Waals surface area contributed by atoms with E-state index in [1.165, 1.54) is 17.3 Å². The highest BCUT2D eigenvalue weighted by molar-refractivity contribution is 8.06. The third-order valence-corrected chi connectivity index (χ3v) is 5.59. The lowest BCUT2D eigenvalue weighted by Gasteiger charge is -2.22. The average Bonchev–Trinajstić information content (AvgIpc) is 2.38.